The summed E-state index contributed by atoms with van der Waals surface area (Å²) in [5.74, 6) is -1.63. The number of carbonyl (C=O) groups excluding carboxylic acids is 1. The molecule has 2 heterocycles. The lowest BCUT2D eigenvalue weighted by Gasteiger charge is -2.33. The van der Waals surface area contributed by atoms with Gasteiger partial charge >= 0.3 is 6.18 Å². The van der Waals surface area contributed by atoms with Gasteiger partial charge in [0.15, 0.2) is 0 Å². The molecule has 1 saturated heterocycles. The van der Waals surface area contributed by atoms with E-state index in [1.807, 2.05) is 0 Å². The topological polar surface area (TPSA) is 79.6 Å². The Morgan fingerprint density at radius 3 is 2.54 bits per heavy atom. The van der Waals surface area contributed by atoms with Gasteiger partial charge in [0.25, 0.3) is 5.91 Å². The van der Waals surface area contributed by atoms with Crippen LogP contribution >= 0.6 is 0 Å². The van der Waals surface area contributed by atoms with Gasteiger partial charge in [-0.2, -0.15) is 13.2 Å². The highest BCUT2D eigenvalue weighted by molar-refractivity contribution is 7.89. The van der Waals surface area contributed by atoms with Crippen molar-refractivity contribution in [2.24, 2.45) is 5.92 Å². The Balaban J connectivity index is 1.67. The van der Waals surface area contributed by atoms with E-state index in [4.69, 9.17) is 4.42 Å². The van der Waals surface area contributed by atoms with Gasteiger partial charge in [-0.3, -0.25) is 4.79 Å². The molecule has 28 heavy (non-hydrogen) atoms. The van der Waals surface area contributed by atoms with Crippen molar-refractivity contribution in [1.29, 1.82) is 0 Å². The molecule has 1 amide bonds. The minimum atomic E-state index is -4.34. The third-order valence-electron chi connectivity index (χ3n) is 4.60. The Morgan fingerprint density at radius 2 is 1.93 bits per heavy atom. The molecule has 1 atom stereocenters. The summed E-state index contributed by atoms with van der Waals surface area (Å²) in [6.07, 6.45) is -2.63. The second-order valence-electron chi connectivity index (χ2n) is 6.56. The van der Waals surface area contributed by atoms with Crippen LogP contribution in [0.1, 0.15) is 29.0 Å². The average Bonchev–Trinajstić information content (AvgIpc) is 3.19. The Labute approximate surface area is 160 Å². The number of nitrogens with zero attached hydrogens (tertiary/aromatic N) is 1. The zero-order valence-corrected chi connectivity index (χ0v) is 15.6. The molecule has 3 rings (SSSR count). The van der Waals surface area contributed by atoms with Crippen molar-refractivity contribution in [3.05, 3.63) is 54.0 Å². The van der Waals surface area contributed by atoms with E-state index in [0.29, 0.717) is 5.76 Å². The number of benzene rings is 1. The molecule has 1 aromatic heterocycles. The molecule has 2 aromatic rings. The van der Waals surface area contributed by atoms with Crippen molar-refractivity contribution in [2.45, 2.75) is 30.5 Å². The number of hydrogen-bond donors (Lipinski definition) is 1. The third kappa shape index (κ3) is 4.74. The molecule has 10 heteroatoms. The lowest BCUT2D eigenvalue weighted by molar-refractivity contribution is -0.184. The van der Waals surface area contributed by atoms with Crippen LogP contribution in [0.2, 0.25) is 0 Å². The second kappa shape index (κ2) is 7.96. The van der Waals surface area contributed by atoms with Crippen LogP contribution in [0.15, 0.2) is 52.0 Å². The first-order chi connectivity index (χ1) is 13.2. The molecule has 0 bridgehead atoms. The molecule has 1 fully saturated rings. The van der Waals surface area contributed by atoms with E-state index >= 15 is 0 Å². The van der Waals surface area contributed by atoms with E-state index in [2.05, 4.69) is 4.72 Å². The quantitative estimate of drug-likeness (QED) is 0.812. The summed E-state index contributed by atoms with van der Waals surface area (Å²) < 4.78 is 70.8. The van der Waals surface area contributed by atoms with Crippen LogP contribution in [0.5, 0.6) is 0 Å². The minimum Gasteiger partial charge on any atom is -0.468 e. The predicted octanol–water partition coefficient (Wildman–Crippen LogP) is 3.17. The summed E-state index contributed by atoms with van der Waals surface area (Å²) in [5.41, 5.74) is 0.146. The summed E-state index contributed by atoms with van der Waals surface area (Å²) in [7, 11) is -3.82. The molecular formula is C18H19F3N2O4S. The number of likely N-dealkylation sites (tertiary alicyclic amines) is 1. The summed E-state index contributed by atoms with van der Waals surface area (Å²) in [4.78, 5) is 13.6. The number of carbonyl (C=O) groups is 1. The number of halogens is 3. The van der Waals surface area contributed by atoms with E-state index in [0.717, 1.165) is 0 Å². The molecule has 1 aliphatic heterocycles. The van der Waals surface area contributed by atoms with Gasteiger partial charge in [0.05, 0.1) is 23.6 Å². The summed E-state index contributed by atoms with van der Waals surface area (Å²) in [5, 5.41) is 0. The van der Waals surface area contributed by atoms with Gasteiger partial charge < -0.3 is 9.32 Å². The van der Waals surface area contributed by atoms with Crippen molar-refractivity contribution in [2.75, 3.05) is 13.1 Å². The zero-order chi connectivity index (χ0) is 20.4. The van der Waals surface area contributed by atoms with Crippen LogP contribution in [0.25, 0.3) is 0 Å². The smallest absolute Gasteiger partial charge is 0.393 e. The number of rotatable bonds is 5. The Kier molecular flexibility index (Phi) is 5.80. The van der Waals surface area contributed by atoms with E-state index < -0.39 is 28.0 Å². The zero-order valence-electron chi connectivity index (χ0n) is 14.8. The first-order valence-electron chi connectivity index (χ1n) is 8.65. The maximum Gasteiger partial charge on any atom is 0.393 e. The van der Waals surface area contributed by atoms with Gasteiger partial charge in [-0.15, -0.1) is 0 Å². The van der Waals surface area contributed by atoms with E-state index in [-0.39, 0.29) is 42.9 Å². The summed E-state index contributed by atoms with van der Waals surface area (Å²) >= 11 is 0. The highest BCUT2D eigenvalue weighted by Crippen LogP contribution is 2.33. The van der Waals surface area contributed by atoms with Gasteiger partial charge in [0.1, 0.15) is 5.76 Å². The van der Waals surface area contributed by atoms with Gasteiger partial charge in [-0.05, 0) is 49.2 Å². The molecular weight excluding hydrogens is 397 g/mol. The highest BCUT2D eigenvalue weighted by Gasteiger charge is 2.42. The van der Waals surface area contributed by atoms with Crippen molar-refractivity contribution < 1.29 is 30.8 Å². The maximum absolute atomic E-state index is 12.9. The lowest BCUT2D eigenvalue weighted by Crippen LogP contribution is -2.44. The van der Waals surface area contributed by atoms with Crippen LogP contribution < -0.4 is 4.72 Å². The van der Waals surface area contributed by atoms with Crippen molar-refractivity contribution in [3.8, 4) is 0 Å². The first kappa shape index (κ1) is 20.4. The number of amides is 1. The van der Waals surface area contributed by atoms with Crippen LogP contribution in [0.4, 0.5) is 13.2 Å². The SMILES string of the molecule is O=C(c1ccc(S(=O)(=O)NCc2ccco2)cc1)N1CCC[C@H](C(F)(F)F)C1. The van der Waals surface area contributed by atoms with E-state index in [9.17, 15) is 26.4 Å². The van der Waals surface area contributed by atoms with Crippen molar-refractivity contribution >= 4 is 15.9 Å². The number of alkyl halides is 3. The van der Waals surface area contributed by atoms with Crippen LogP contribution in [-0.4, -0.2) is 38.5 Å². The Hall–Kier alpha value is -2.33. The summed E-state index contributed by atoms with van der Waals surface area (Å²) in [6.45, 7) is -0.161. The molecule has 1 aliphatic rings. The maximum atomic E-state index is 12.9. The van der Waals surface area contributed by atoms with Crippen molar-refractivity contribution in [1.82, 2.24) is 9.62 Å². The molecule has 152 valence electrons. The van der Waals surface area contributed by atoms with E-state index in [1.54, 1.807) is 12.1 Å². The minimum absolute atomic E-state index is 0.00575. The van der Waals surface area contributed by atoms with Gasteiger partial charge in [0, 0.05) is 18.7 Å². The Bertz CT molecular complexity index is 909. The number of sulfonamides is 1. The van der Waals surface area contributed by atoms with Gasteiger partial charge in [-0.25, -0.2) is 13.1 Å². The molecule has 1 N–H and O–H groups in total. The van der Waals surface area contributed by atoms with Gasteiger partial charge in [0.2, 0.25) is 10.0 Å². The first-order valence-corrected chi connectivity index (χ1v) is 10.1. The van der Waals surface area contributed by atoms with Crippen LogP contribution in [-0.2, 0) is 16.6 Å². The van der Waals surface area contributed by atoms with Gasteiger partial charge in [-0.1, -0.05) is 0 Å². The monoisotopic (exact) mass is 416 g/mol. The number of nitrogens with one attached hydrogen (secondary N) is 1. The largest absolute Gasteiger partial charge is 0.468 e. The number of furan rings is 1. The Morgan fingerprint density at radius 1 is 1.21 bits per heavy atom. The summed E-state index contributed by atoms with van der Waals surface area (Å²) in [6, 6.07) is 8.37. The van der Waals surface area contributed by atoms with Crippen LogP contribution in [0.3, 0.4) is 0 Å². The fourth-order valence-corrected chi connectivity index (χ4v) is 4.04. The molecule has 0 saturated carbocycles. The molecule has 0 radical (unpaired) electrons. The standard InChI is InChI=1S/C18H19F3N2O4S/c19-18(20,21)14-3-1-9-23(12-14)17(24)13-5-7-16(8-6-13)28(25,26)22-11-15-4-2-10-27-15/h2,4-8,10,14,22H,1,3,9,11-12H2/t14-/m0/s1. The number of piperidine rings is 1. The van der Waals surface area contributed by atoms with Crippen molar-refractivity contribution in [3.63, 3.8) is 0 Å². The predicted molar refractivity (Wildman–Crippen MR) is 93.9 cm³/mol. The number of hydrogen-bond acceptors (Lipinski definition) is 4. The third-order valence-corrected chi connectivity index (χ3v) is 6.02. The lowest BCUT2D eigenvalue weighted by atomic mass is 9.97. The highest BCUT2D eigenvalue weighted by atomic mass is 32.2. The normalized spacial score (nSPS) is 18.2. The fraction of sp³-hybridized carbons (Fsp3) is 0.389. The molecule has 0 unspecified atom stereocenters. The fourth-order valence-electron chi connectivity index (χ4n) is 3.05. The van der Waals surface area contributed by atoms with Crippen LogP contribution in [0, 0.1) is 5.92 Å². The average molecular weight is 416 g/mol. The molecule has 0 aliphatic carbocycles. The molecule has 6 nitrogen and oxygen atoms in total. The molecule has 1 aromatic carbocycles. The molecule has 0 spiro atoms. The van der Waals surface area contributed by atoms with E-state index in [1.165, 1.54) is 35.4 Å². The second-order valence-corrected chi connectivity index (χ2v) is 8.33.